The van der Waals surface area contributed by atoms with Crippen LogP contribution in [-0.4, -0.2) is 37.3 Å². The summed E-state index contributed by atoms with van der Waals surface area (Å²) in [5.41, 5.74) is 0.433. The van der Waals surface area contributed by atoms with Gasteiger partial charge in [-0.15, -0.1) is 24.8 Å². The van der Waals surface area contributed by atoms with Crippen LogP contribution in [0, 0.1) is 5.82 Å². The van der Waals surface area contributed by atoms with Gasteiger partial charge in [0.1, 0.15) is 5.82 Å². The summed E-state index contributed by atoms with van der Waals surface area (Å²) in [6, 6.07) is 3.34. The summed E-state index contributed by atoms with van der Waals surface area (Å²) in [6.45, 7) is 2.65. The van der Waals surface area contributed by atoms with Crippen molar-refractivity contribution >= 4 is 36.4 Å². The van der Waals surface area contributed by atoms with E-state index in [2.05, 4.69) is 5.32 Å². The number of benzene rings is 1. The lowest BCUT2D eigenvalue weighted by molar-refractivity contribution is -0.138. The molecule has 1 aliphatic heterocycles. The maximum atomic E-state index is 13.4. The molecule has 1 aromatic carbocycles. The first-order chi connectivity index (χ1) is 9.87. The van der Waals surface area contributed by atoms with Crippen LogP contribution in [0.2, 0.25) is 5.02 Å². The van der Waals surface area contributed by atoms with Gasteiger partial charge in [0.2, 0.25) is 0 Å². The fraction of sp³-hybridized carbons (Fsp3) is 0.571. The van der Waals surface area contributed by atoms with Gasteiger partial charge in [0.25, 0.3) is 0 Å². The standard InChI is InChI=1S/C14H17ClF4N2.2ClH/c15-12-2-1-10(16)9-11(12)13(3-4-14(17,18)19)21-7-5-20-6-8-21;;/h1-2,9,13,20H,3-8H2;2*1H/t13-;;/m1../s1. The van der Waals surface area contributed by atoms with E-state index in [0.717, 1.165) is 0 Å². The van der Waals surface area contributed by atoms with Gasteiger partial charge in [-0.2, -0.15) is 13.2 Å². The minimum atomic E-state index is -4.23. The second-order valence-corrected chi connectivity index (χ2v) is 5.53. The molecule has 2 nitrogen and oxygen atoms in total. The molecular formula is C14H19Cl3F4N2. The van der Waals surface area contributed by atoms with E-state index < -0.39 is 24.5 Å². The first-order valence-electron chi connectivity index (χ1n) is 6.83. The van der Waals surface area contributed by atoms with Gasteiger partial charge < -0.3 is 5.32 Å². The molecule has 1 aliphatic rings. The minimum Gasteiger partial charge on any atom is -0.314 e. The van der Waals surface area contributed by atoms with Crippen LogP contribution in [0.25, 0.3) is 0 Å². The molecule has 1 atom stereocenters. The van der Waals surface area contributed by atoms with Crippen LogP contribution in [0.1, 0.15) is 24.4 Å². The van der Waals surface area contributed by atoms with Crippen LogP contribution in [0.4, 0.5) is 17.6 Å². The average molecular weight is 398 g/mol. The summed E-state index contributed by atoms with van der Waals surface area (Å²) in [5, 5.41) is 3.46. The normalized spacial score (nSPS) is 17.1. The molecule has 1 aromatic rings. The average Bonchev–Trinajstić information content (AvgIpc) is 2.43. The molecule has 0 aromatic heterocycles. The summed E-state index contributed by atoms with van der Waals surface area (Å²) < 4.78 is 51.1. The van der Waals surface area contributed by atoms with Gasteiger partial charge in [-0.25, -0.2) is 4.39 Å². The fourth-order valence-electron chi connectivity index (χ4n) is 2.60. The Morgan fingerprint density at radius 1 is 1.17 bits per heavy atom. The van der Waals surface area contributed by atoms with Gasteiger partial charge in [-0.05, 0) is 30.2 Å². The highest BCUT2D eigenvalue weighted by Gasteiger charge is 2.32. The van der Waals surface area contributed by atoms with E-state index >= 15 is 0 Å². The van der Waals surface area contributed by atoms with Gasteiger partial charge in [0, 0.05) is 43.7 Å². The molecule has 1 N–H and O–H groups in total. The number of halogens is 7. The zero-order chi connectivity index (χ0) is 15.5. The van der Waals surface area contributed by atoms with E-state index in [-0.39, 0.29) is 31.2 Å². The van der Waals surface area contributed by atoms with Gasteiger partial charge in [0.15, 0.2) is 0 Å². The van der Waals surface area contributed by atoms with Crippen molar-refractivity contribution in [2.75, 3.05) is 26.2 Å². The Balaban J connectivity index is 0.00000242. The van der Waals surface area contributed by atoms with Gasteiger partial charge >= 0.3 is 6.18 Å². The maximum Gasteiger partial charge on any atom is 0.389 e. The number of rotatable bonds is 4. The maximum absolute atomic E-state index is 13.4. The lowest BCUT2D eigenvalue weighted by atomic mass is 9.99. The number of hydrogen-bond donors (Lipinski definition) is 1. The van der Waals surface area contributed by atoms with Crippen molar-refractivity contribution in [1.29, 1.82) is 0 Å². The van der Waals surface area contributed by atoms with Crippen LogP contribution >= 0.6 is 36.4 Å². The molecule has 0 spiro atoms. The summed E-state index contributed by atoms with van der Waals surface area (Å²) in [7, 11) is 0. The number of alkyl halides is 3. The second-order valence-electron chi connectivity index (χ2n) is 5.12. The Morgan fingerprint density at radius 2 is 1.78 bits per heavy atom. The second kappa shape index (κ2) is 9.89. The number of piperazine rings is 1. The molecule has 134 valence electrons. The summed E-state index contributed by atoms with van der Waals surface area (Å²) in [6.07, 6.45) is -5.26. The Bertz CT molecular complexity index is 480. The fourth-order valence-corrected chi connectivity index (χ4v) is 2.84. The Morgan fingerprint density at radius 3 is 2.35 bits per heavy atom. The van der Waals surface area contributed by atoms with Crippen molar-refractivity contribution in [3.63, 3.8) is 0 Å². The summed E-state index contributed by atoms with van der Waals surface area (Å²) in [5.74, 6) is -0.485. The summed E-state index contributed by atoms with van der Waals surface area (Å²) >= 11 is 6.07. The van der Waals surface area contributed by atoms with E-state index in [9.17, 15) is 17.6 Å². The molecule has 0 amide bonds. The van der Waals surface area contributed by atoms with Crippen molar-refractivity contribution in [3.8, 4) is 0 Å². The molecule has 0 saturated carbocycles. The third kappa shape index (κ3) is 7.01. The highest BCUT2D eigenvalue weighted by Crippen LogP contribution is 2.35. The SMILES string of the molecule is Cl.Cl.Fc1ccc(Cl)c([C@@H](CCC(F)(F)F)N2CCNCC2)c1. The lowest BCUT2D eigenvalue weighted by Gasteiger charge is -2.36. The molecule has 0 bridgehead atoms. The first kappa shape index (κ1) is 22.7. The minimum absolute atomic E-state index is 0. The van der Waals surface area contributed by atoms with E-state index in [1.54, 1.807) is 0 Å². The smallest absolute Gasteiger partial charge is 0.314 e. The van der Waals surface area contributed by atoms with E-state index in [1.807, 2.05) is 4.90 Å². The van der Waals surface area contributed by atoms with Crippen LogP contribution in [-0.2, 0) is 0 Å². The zero-order valence-electron chi connectivity index (χ0n) is 12.2. The lowest BCUT2D eigenvalue weighted by Crippen LogP contribution is -2.45. The van der Waals surface area contributed by atoms with E-state index in [1.165, 1.54) is 18.2 Å². The van der Waals surface area contributed by atoms with E-state index in [0.29, 0.717) is 36.8 Å². The number of nitrogens with zero attached hydrogens (tertiary/aromatic N) is 1. The largest absolute Gasteiger partial charge is 0.389 e. The molecule has 1 saturated heterocycles. The van der Waals surface area contributed by atoms with Gasteiger partial charge in [-0.1, -0.05) is 11.6 Å². The molecule has 1 heterocycles. The third-order valence-electron chi connectivity index (χ3n) is 3.61. The van der Waals surface area contributed by atoms with Gasteiger partial charge in [-0.3, -0.25) is 4.90 Å². The molecule has 0 radical (unpaired) electrons. The zero-order valence-corrected chi connectivity index (χ0v) is 14.6. The number of nitrogens with one attached hydrogen (secondary N) is 1. The first-order valence-corrected chi connectivity index (χ1v) is 7.21. The monoisotopic (exact) mass is 396 g/mol. The summed E-state index contributed by atoms with van der Waals surface area (Å²) in [4.78, 5) is 1.93. The molecular weight excluding hydrogens is 379 g/mol. The molecule has 0 unspecified atom stereocenters. The topological polar surface area (TPSA) is 15.3 Å². The quantitative estimate of drug-likeness (QED) is 0.746. The Kier molecular flexibility index (Phi) is 9.77. The van der Waals surface area contributed by atoms with Crippen molar-refractivity contribution < 1.29 is 17.6 Å². The van der Waals surface area contributed by atoms with Crippen molar-refractivity contribution in [2.45, 2.75) is 25.1 Å². The van der Waals surface area contributed by atoms with Crippen LogP contribution in [0.15, 0.2) is 18.2 Å². The van der Waals surface area contributed by atoms with Crippen molar-refractivity contribution in [2.24, 2.45) is 0 Å². The van der Waals surface area contributed by atoms with Crippen LogP contribution in [0.3, 0.4) is 0 Å². The third-order valence-corrected chi connectivity index (χ3v) is 3.95. The predicted molar refractivity (Wildman–Crippen MR) is 88.4 cm³/mol. The van der Waals surface area contributed by atoms with Crippen LogP contribution in [0.5, 0.6) is 0 Å². The Hall–Kier alpha value is -0.270. The van der Waals surface area contributed by atoms with Crippen molar-refractivity contribution in [3.05, 3.63) is 34.6 Å². The molecule has 9 heteroatoms. The van der Waals surface area contributed by atoms with Crippen LogP contribution < -0.4 is 5.32 Å². The van der Waals surface area contributed by atoms with E-state index in [4.69, 9.17) is 11.6 Å². The molecule has 23 heavy (non-hydrogen) atoms. The molecule has 2 rings (SSSR count). The number of hydrogen-bond acceptors (Lipinski definition) is 2. The van der Waals surface area contributed by atoms with Crippen molar-refractivity contribution in [1.82, 2.24) is 10.2 Å². The molecule has 1 fully saturated rings. The highest BCUT2D eigenvalue weighted by atomic mass is 35.5. The highest BCUT2D eigenvalue weighted by molar-refractivity contribution is 6.31. The van der Waals surface area contributed by atoms with Gasteiger partial charge in [0.05, 0.1) is 0 Å². The molecule has 0 aliphatic carbocycles. The predicted octanol–water partition coefficient (Wildman–Crippen LogP) is 4.61. The Labute approximate surface area is 150 Å².